The van der Waals surface area contributed by atoms with Crippen molar-refractivity contribution in [2.24, 2.45) is 7.05 Å². The van der Waals surface area contributed by atoms with Crippen molar-refractivity contribution in [3.05, 3.63) is 33.4 Å². The van der Waals surface area contributed by atoms with Gasteiger partial charge in [-0.1, -0.05) is 23.2 Å². The fourth-order valence-electron chi connectivity index (χ4n) is 2.68. The number of nitrogens with zero attached hydrogens (tertiary/aromatic N) is 2. The van der Waals surface area contributed by atoms with Crippen molar-refractivity contribution in [2.75, 3.05) is 7.11 Å². The summed E-state index contributed by atoms with van der Waals surface area (Å²) in [6.07, 6.45) is -1.79. The molecule has 1 aromatic carbocycles. The number of hydrogen-bond donors (Lipinski definition) is 2. The van der Waals surface area contributed by atoms with Crippen molar-refractivity contribution < 1.29 is 33.3 Å². The Morgan fingerprint density at radius 3 is 2.29 bits per heavy atom. The van der Waals surface area contributed by atoms with Crippen LogP contribution in [0.5, 0.6) is 17.4 Å². The molecule has 1 atom stereocenters. The molecule has 2 rings (SSSR count). The maximum atomic E-state index is 12.8. The average molecular weight is 517 g/mol. The van der Waals surface area contributed by atoms with Crippen molar-refractivity contribution in [3.63, 3.8) is 0 Å². The van der Waals surface area contributed by atoms with E-state index in [0.29, 0.717) is 5.69 Å². The topological polar surface area (TPSA) is 130 Å². The lowest BCUT2D eigenvalue weighted by Crippen LogP contribution is -2.44. The van der Waals surface area contributed by atoms with Crippen LogP contribution in [-0.2, 0) is 21.3 Å². The number of ether oxygens (including phenoxy) is 4. The smallest absolute Gasteiger partial charge is 0.426 e. The Balaban J connectivity index is 2.29. The van der Waals surface area contributed by atoms with Crippen LogP contribution in [0, 0.1) is 6.92 Å². The minimum atomic E-state index is -0.948. The van der Waals surface area contributed by atoms with Crippen molar-refractivity contribution >= 4 is 41.2 Å². The lowest BCUT2D eigenvalue weighted by molar-refractivity contribution is -0.147. The van der Waals surface area contributed by atoms with E-state index in [1.165, 1.54) is 30.8 Å². The van der Waals surface area contributed by atoms with Gasteiger partial charge in [-0.2, -0.15) is 5.10 Å². The lowest BCUT2D eigenvalue weighted by atomic mass is 10.2. The normalized spacial score (nSPS) is 11.9. The summed E-state index contributed by atoms with van der Waals surface area (Å²) in [5.74, 6) is -1.09. The second kappa shape index (κ2) is 10.8. The number of methoxy groups -OCH3 is 1. The van der Waals surface area contributed by atoms with Crippen molar-refractivity contribution in [1.29, 1.82) is 0 Å². The average Bonchev–Trinajstić information content (AvgIpc) is 3.00. The van der Waals surface area contributed by atoms with Crippen LogP contribution in [0.3, 0.4) is 0 Å². The molecule has 0 aliphatic heterocycles. The Bertz CT molecular complexity index is 1100. The van der Waals surface area contributed by atoms with Gasteiger partial charge in [-0.15, -0.1) is 0 Å². The molecule has 1 aromatic heterocycles. The van der Waals surface area contributed by atoms with Gasteiger partial charge < -0.3 is 18.9 Å². The Labute approximate surface area is 206 Å². The Hall–Kier alpha value is -3.18. The number of amides is 2. The molecule has 0 bridgehead atoms. The van der Waals surface area contributed by atoms with E-state index in [1.807, 2.05) is 0 Å². The van der Waals surface area contributed by atoms with Gasteiger partial charge >= 0.3 is 12.1 Å². The van der Waals surface area contributed by atoms with Crippen molar-refractivity contribution in [2.45, 2.75) is 46.3 Å². The molecule has 2 aromatic rings. The molecule has 11 nitrogen and oxygen atoms in total. The molecule has 2 amide bonds. The van der Waals surface area contributed by atoms with Crippen LogP contribution in [0.25, 0.3) is 0 Å². The first-order valence-electron chi connectivity index (χ1n) is 9.97. The predicted molar refractivity (Wildman–Crippen MR) is 123 cm³/mol. The summed E-state index contributed by atoms with van der Waals surface area (Å²) in [6.45, 7) is 8.13. The highest BCUT2D eigenvalue weighted by atomic mass is 35.5. The number of halogens is 2. The van der Waals surface area contributed by atoms with E-state index < -0.39 is 29.7 Å². The summed E-state index contributed by atoms with van der Waals surface area (Å²) >= 11 is 12.5. The molecular formula is C21H26Cl2N4O7. The third-order valence-electron chi connectivity index (χ3n) is 4.10. The van der Waals surface area contributed by atoms with Crippen molar-refractivity contribution in [3.8, 4) is 17.4 Å². The maximum absolute atomic E-state index is 12.8. The number of carbonyl (C=O) groups is 3. The quantitative estimate of drug-likeness (QED) is 0.436. The molecule has 0 aliphatic rings. The van der Waals surface area contributed by atoms with Crippen LogP contribution in [0.2, 0.25) is 10.0 Å². The Morgan fingerprint density at radius 2 is 1.71 bits per heavy atom. The number of carbonyl (C=O) groups excluding carboxylic acids is 3. The van der Waals surface area contributed by atoms with Crippen LogP contribution in [-0.4, -0.2) is 46.6 Å². The molecule has 0 saturated carbocycles. The van der Waals surface area contributed by atoms with E-state index in [4.69, 9.17) is 37.4 Å². The molecule has 13 heteroatoms. The van der Waals surface area contributed by atoms with Gasteiger partial charge in [0.05, 0.1) is 22.8 Å². The third kappa shape index (κ3) is 6.91. The zero-order valence-corrected chi connectivity index (χ0v) is 21.3. The van der Waals surface area contributed by atoms with Crippen molar-refractivity contribution in [1.82, 2.24) is 20.6 Å². The van der Waals surface area contributed by atoms with Gasteiger partial charge in [0, 0.05) is 13.1 Å². The number of esters is 1. The Kier molecular flexibility index (Phi) is 8.62. The molecule has 0 saturated heterocycles. The zero-order valence-electron chi connectivity index (χ0n) is 19.7. The summed E-state index contributed by atoms with van der Waals surface area (Å²) in [6, 6.07) is 2.73. The molecule has 34 heavy (non-hydrogen) atoms. The number of hydrogen-bond acceptors (Lipinski definition) is 8. The van der Waals surface area contributed by atoms with E-state index in [0.717, 1.165) is 0 Å². The van der Waals surface area contributed by atoms with Crippen LogP contribution in [0.4, 0.5) is 4.79 Å². The van der Waals surface area contributed by atoms with E-state index >= 15 is 0 Å². The number of aryl methyl sites for hydroxylation is 2. The molecule has 0 unspecified atom stereocenters. The molecule has 0 fully saturated rings. The van der Waals surface area contributed by atoms with Gasteiger partial charge in [0.2, 0.25) is 5.88 Å². The molecule has 0 aliphatic carbocycles. The summed E-state index contributed by atoms with van der Waals surface area (Å²) < 4.78 is 22.5. The first-order chi connectivity index (χ1) is 15.7. The number of hydrazine groups is 1. The second-order valence-electron chi connectivity index (χ2n) is 8.07. The first kappa shape index (κ1) is 27.1. The fraction of sp³-hybridized carbons (Fsp3) is 0.429. The predicted octanol–water partition coefficient (Wildman–Crippen LogP) is 3.94. The largest absolute Gasteiger partial charge is 0.477 e. The minimum absolute atomic E-state index is 0.0252. The molecule has 186 valence electrons. The van der Waals surface area contributed by atoms with Crippen LogP contribution >= 0.6 is 23.2 Å². The van der Waals surface area contributed by atoms with E-state index in [1.54, 1.807) is 34.7 Å². The van der Waals surface area contributed by atoms with E-state index in [9.17, 15) is 14.4 Å². The van der Waals surface area contributed by atoms with Crippen LogP contribution in [0.1, 0.15) is 43.7 Å². The summed E-state index contributed by atoms with van der Waals surface area (Å²) in [4.78, 5) is 36.3. The van der Waals surface area contributed by atoms with E-state index in [2.05, 4.69) is 20.7 Å². The number of rotatable bonds is 6. The number of benzene rings is 1. The monoisotopic (exact) mass is 516 g/mol. The summed E-state index contributed by atoms with van der Waals surface area (Å²) in [5, 5.41) is 4.44. The molecular weight excluding hydrogens is 491 g/mol. The van der Waals surface area contributed by atoms with Gasteiger partial charge in [-0.3, -0.25) is 10.2 Å². The zero-order chi connectivity index (χ0) is 25.8. The van der Waals surface area contributed by atoms with E-state index in [-0.39, 0.29) is 33.0 Å². The first-order valence-corrected chi connectivity index (χ1v) is 10.7. The molecule has 2 N–H and O–H groups in total. The van der Waals surface area contributed by atoms with Crippen LogP contribution < -0.4 is 20.3 Å². The fourth-order valence-corrected chi connectivity index (χ4v) is 3.14. The van der Waals surface area contributed by atoms with Crippen LogP contribution in [0.15, 0.2) is 12.1 Å². The lowest BCUT2D eigenvalue weighted by Gasteiger charge is -2.19. The highest BCUT2D eigenvalue weighted by Crippen LogP contribution is 2.39. The second-order valence-corrected chi connectivity index (χ2v) is 8.88. The van der Waals surface area contributed by atoms with Gasteiger partial charge in [0.1, 0.15) is 16.9 Å². The highest BCUT2D eigenvalue weighted by molar-refractivity contribution is 6.36. The third-order valence-corrected chi connectivity index (χ3v) is 4.69. The van der Waals surface area contributed by atoms with Gasteiger partial charge in [-0.05, 0) is 40.7 Å². The van der Waals surface area contributed by atoms with Gasteiger partial charge in [0.25, 0.3) is 5.91 Å². The molecule has 0 spiro atoms. The minimum Gasteiger partial charge on any atom is -0.477 e. The Morgan fingerprint density at radius 1 is 1.09 bits per heavy atom. The van der Waals surface area contributed by atoms with Gasteiger partial charge in [0.15, 0.2) is 11.9 Å². The standard InChI is InChI=1S/C21H26Cl2N4O7/c1-10-16(17(28)24-25-20(30)34-21(3,4)5)18(27(6)26-10)33-15-9-14(12(22)8-13(15)23)32-11(2)19(29)31-7/h8-9,11H,1-7H3,(H,24,28)(H,25,30)/t11-/m0/s1. The highest BCUT2D eigenvalue weighted by Gasteiger charge is 2.25. The molecule has 0 radical (unpaired) electrons. The summed E-state index contributed by atoms with van der Waals surface area (Å²) in [5.41, 5.74) is 4.04. The molecule has 1 heterocycles. The SMILES string of the molecule is COC(=O)[C@H](C)Oc1cc(Oc2c(C(=O)NNC(=O)OC(C)(C)C)c(C)nn2C)c(Cl)cc1Cl. The number of nitrogens with one attached hydrogen (secondary N) is 2. The number of aromatic nitrogens is 2. The maximum Gasteiger partial charge on any atom is 0.426 e. The van der Waals surface area contributed by atoms with Gasteiger partial charge in [-0.25, -0.2) is 19.7 Å². The summed E-state index contributed by atoms with van der Waals surface area (Å²) in [7, 11) is 2.79.